The molecule has 0 aliphatic rings. The van der Waals surface area contributed by atoms with Gasteiger partial charge in [-0.2, -0.15) is 5.26 Å². The van der Waals surface area contributed by atoms with E-state index in [1.165, 1.54) is 0 Å². The standard InChI is InChI=1S/C75H48N6O2/c1-82-48-38-40-68-58(43-48)59-44-49(83-2)39-41-69(59)81(68)75-73(79-64-34-15-7-26-54(64)55-27-8-16-35-65(55)79)71(77-60-30-11-3-22-50(60)51-23-4-12-31-61(51)77)70(47-21-19-20-46(42-47)45-76)72(78-62-32-13-5-24-52(62)53-25-6-14-33-63(53)78)74(75)80-66-36-17-9-28-56(66)57-29-10-18-37-67(57)80/h3-44H,1-2H3. The molecule has 0 aliphatic heterocycles. The van der Waals surface area contributed by atoms with E-state index in [0.29, 0.717) is 5.56 Å². The van der Waals surface area contributed by atoms with Crippen LogP contribution in [0.3, 0.4) is 0 Å². The predicted molar refractivity (Wildman–Crippen MR) is 341 cm³/mol. The van der Waals surface area contributed by atoms with Crippen LogP contribution in [0.1, 0.15) is 5.56 Å². The Morgan fingerprint density at radius 2 is 0.530 bits per heavy atom. The largest absolute Gasteiger partial charge is 0.497 e. The summed E-state index contributed by atoms with van der Waals surface area (Å²) in [6, 6.07) is 94.4. The zero-order valence-corrected chi connectivity index (χ0v) is 45.2. The highest BCUT2D eigenvalue weighted by atomic mass is 16.5. The monoisotopic (exact) mass is 1060 g/mol. The molecule has 0 amide bonds. The second kappa shape index (κ2) is 17.9. The summed E-state index contributed by atoms with van der Waals surface area (Å²) in [5.41, 5.74) is 17.2. The van der Waals surface area contributed by atoms with Gasteiger partial charge in [0.25, 0.3) is 0 Å². The van der Waals surface area contributed by atoms with Crippen molar-refractivity contribution < 1.29 is 9.47 Å². The number of nitrogens with zero attached hydrogens (tertiary/aromatic N) is 6. The van der Waals surface area contributed by atoms with Gasteiger partial charge in [0, 0.05) is 59.4 Å². The molecular weight excluding hydrogens is 1020 g/mol. The van der Waals surface area contributed by atoms with Gasteiger partial charge in [0.1, 0.15) is 11.5 Å². The number of nitriles is 1. The SMILES string of the molecule is COc1ccc2c(c1)c1cc(OC)ccc1n2-c1c(-n2c3ccccc3c3ccccc32)c(-n2c3ccccc3c3ccccc32)c(-c2cccc(C#N)c2)c(-n2c3ccccc3c3ccccc32)c1-n1c2ccccc2c2ccccc21. The number of aromatic nitrogens is 5. The highest BCUT2D eigenvalue weighted by Crippen LogP contribution is 2.54. The number of benzene rings is 12. The van der Waals surface area contributed by atoms with Crippen molar-refractivity contribution in [1.82, 2.24) is 22.8 Å². The van der Waals surface area contributed by atoms with Gasteiger partial charge >= 0.3 is 0 Å². The Bertz CT molecular complexity index is 5110. The van der Waals surface area contributed by atoms with Gasteiger partial charge in [-0.25, -0.2) is 0 Å². The van der Waals surface area contributed by atoms with E-state index in [1.807, 2.05) is 12.1 Å². The van der Waals surface area contributed by atoms with Crippen molar-refractivity contribution in [2.45, 2.75) is 0 Å². The fraction of sp³-hybridized carbons (Fsp3) is 0.0267. The first-order valence-corrected chi connectivity index (χ1v) is 28.0. The fourth-order valence-electron chi connectivity index (χ4n) is 13.9. The Balaban J connectivity index is 1.30. The Morgan fingerprint density at radius 3 is 0.819 bits per heavy atom. The van der Waals surface area contributed by atoms with Crippen molar-refractivity contribution in [3.8, 4) is 57.1 Å². The molecule has 0 atom stereocenters. The van der Waals surface area contributed by atoms with Crippen LogP contribution in [0.5, 0.6) is 11.5 Å². The lowest BCUT2D eigenvalue weighted by Crippen LogP contribution is -2.18. The van der Waals surface area contributed by atoms with Gasteiger partial charge in [-0.15, -0.1) is 0 Å². The fourth-order valence-corrected chi connectivity index (χ4v) is 13.9. The topological polar surface area (TPSA) is 66.9 Å². The van der Waals surface area contributed by atoms with Crippen molar-refractivity contribution >= 4 is 109 Å². The minimum atomic E-state index is 0.551. The minimum Gasteiger partial charge on any atom is -0.497 e. The predicted octanol–water partition coefficient (Wildman–Crippen LogP) is 18.7. The molecule has 0 radical (unpaired) electrons. The summed E-state index contributed by atoms with van der Waals surface area (Å²) in [7, 11) is 3.47. The van der Waals surface area contributed by atoms with Crippen LogP contribution >= 0.6 is 0 Å². The Hall–Kier alpha value is -11.3. The molecule has 0 aliphatic carbocycles. The number of hydrogen-bond donors (Lipinski definition) is 0. The average Bonchev–Trinajstić information content (AvgIpc) is 1.72. The molecular formula is C75H48N6O2. The third-order valence-corrected chi connectivity index (χ3v) is 17.3. The van der Waals surface area contributed by atoms with Gasteiger partial charge in [0.2, 0.25) is 0 Å². The van der Waals surface area contributed by atoms with E-state index in [-0.39, 0.29) is 0 Å². The van der Waals surface area contributed by atoms with Crippen LogP contribution in [-0.4, -0.2) is 37.1 Å². The van der Waals surface area contributed by atoms with Crippen LogP contribution in [0, 0.1) is 11.3 Å². The summed E-state index contributed by atoms with van der Waals surface area (Å²) in [6.07, 6.45) is 0. The van der Waals surface area contributed by atoms with Crippen LogP contribution in [0.15, 0.2) is 255 Å². The molecule has 0 saturated carbocycles. The van der Waals surface area contributed by atoms with E-state index in [1.54, 1.807) is 14.2 Å². The zero-order chi connectivity index (χ0) is 55.0. The number of hydrogen-bond acceptors (Lipinski definition) is 3. The lowest BCUT2D eigenvalue weighted by molar-refractivity contribution is 0.415. The molecule has 83 heavy (non-hydrogen) atoms. The Kier molecular flexibility index (Phi) is 10.0. The smallest absolute Gasteiger partial charge is 0.119 e. The molecule has 0 bridgehead atoms. The van der Waals surface area contributed by atoms with E-state index >= 15 is 0 Å². The van der Waals surface area contributed by atoms with Crippen molar-refractivity contribution in [3.63, 3.8) is 0 Å². The van der Waals surface area contributed by atoms with Crippen molar-refractivity contribution in [1.29, 1.82) is 5.26 Å². The summed E-state index contributed by atoms with van der Waals surface area (Å²) in [4.78, 5) is 0. The van der Waals surface area contributed by atoms with E-state index in [0.717, 1.165) is 160 Å². The Morgan fingerprint density at radius 1 is 0.265 bits per heavy atom. The first-order valence-electron chi connectivity index (χ1n) is 28.0. The summed E-state index contributed by atoms with van der Waals surface area (Å²) >= 11 is 0. The molecule has 5 heterocycles. The van der Waals surface area contributed by atoms with Crippen molar-refractivity contribution in [2.75, 3.05) is 14.2 Å². The van der Waals surface area contributed by atoms with E-state index < -0.39 is 0 Å². The molecule has 0 spiro atoms. The third-order valence-electron chi connectivity index (χ3n) is 17.3. The number of methoxy groups -OCH3 is 2. The summed E-state index contributed by atoms with van der Waals surface area (Å²) < 4.78 is 24.8. The molecule has 0 N–H and O–H groups in total. The van der Waals surface area contributed by atoms with Crippen LogP contribution < -0.4 is 9.47 Å². The van der Waals surface area contributed by atoms with Crippen LogP contribution in [-0.2, 0) is 0 Å². The Labute approximate surface area is 475 Å². The lowest BCUT2D eigenvalue weighted by Gasteiger charge is -2.32. The van der Waals surface area contributed by atoms with E-state index in [9.17, 15) is 5.26 Å². The summed E-state index contributed by atoms with van der Waals surface area (Å²) in [5, 5.41) is 22.1. The van der Waals surface area contributed by atoms with Crippen LogP contribution in [0.25, 0.3) is 149 Å². The summed E-state index contributed by atoms with van der Waals surface area (Å²) in [6.45, 7) is 0. The van der Waals surface area contributed by atoms with Gasteiger partial charge < -0.3 is 32.3 Å². The van der Waals surface area contributed by atoms with Gasteiger partial charge in [-0.3, -0.25) is 0 Å². The molecule has 8 heteroatoms. The van der Waals surface area contributed by atoms with Crippen molar-refractivity contribution in [2.24, 2.45) is 0 Å². The quantitative estimate of drug-likeness (QED) is 0.152. The maximum atomic E-state index is 11.1. The second-order valence-corrected chi connectivity index (χ2v) is 21.4. The van der Waals surface area contributed by atoms with Crippen molar-refractivity contribution in [3.05, 3.63) is 260 Å². The van der Waals surface area contributed by atoms with E-state index in [2.05, 4.69) is 272 Å². The molecule has 5 aromatic heterocycles. The third kappa shape index (κ3) is 6.50. The maximum Gasteiger partial charge on any atom is 0.119 e. The van der Waals surface area contributed by atoms with Gasteiger partial charge in [0.15, 0.2) is 0 Å². The number of para-hydroxylation sites is 8. The number of fused-ring (bicyclic) bond motifs is 15. The highest BCUT2D eigenvalue weighted by molar-refractivity contribution is 6.19. The van der Waals surface area contributed by atoms with Crippen LogP contribution in [0.2, 0.25) is 0 Å². The zero-order valence-electron chi connectivity index (χ0n) is 45.2. The number of rotatable bonds is 8. The molecule has 0 unspecified atom stereocenters. The molecule has 0 fully saturated rings. The normalized spacial score (nSPS) is 12.0. The maximum absolute atomic E-state index is 11.1. The first-order chi connectivity index (χ1) is 41.1. The lowest BCUT2D eigenvalue weighted by atomic mass is 9.94. The second-order valence-electron chi connectivity index (χ2n) is 21.4. The molecule has 12 aromatic carbocycles. The first kappa shape index (κ1) is 46.6. The number of ether oxygens (including phenoxy) is 2. The average molecular weight is 1070 g/mol. The highest BCUT2D eigenvalue weighted by Gasteiger charge is 2.37. The molecule has 17 aromatic rings. The van der Waals surface area contributed by atoms with Gasteiger partial charge in [-0.1, -0.05) is 158 Å². The van der Waals surface area contributed by atoms with Gasteiger partial charge in [-0.05, 0) is 103 Å². The summed E-state index contributed by atoms with van der Waals surface area (Å²) in [5.74, 6) is 1.49. The molecule has 8 nitrogen and oxygen atoms in total. The van der Waals surface area contributed by atoms with Crippen LogP contribution in [0.4, 0.5) is 0 Å². The minimum absolute atomic E-state index is 0.551. The van der Waals surface area contributed by atoms with Gasteiger partial charge in [0.05, 0.1) is 109 Å². The van der Waals surface area contributed by atoms with E-state index in [4.69, 9.17) is 9.47 Å². The molecule has 0 saturated heterocycles. The molecule has 390 valence electrons. The molecule has 17 rings (SSSR count).